The van der Waals surface area contributed by atoms with Gasteiger partial charge in [-0.15, -0.1) is 12.4 Å². The SMILES string of the molecule is CC(N)CC(=O)N1CCN(C(=O)COc2ccc(Br)cc2)CC1.Cl. The normalized spacial score (nSPS) is 15.5. The fraction of sp³-hybridized carbons (Fsp3) is 0.500. The van der Waals surface area contributed by atoms with E-state index < -0.39 is 0 Å². The summed E-state index contributed by atoms with van der Waals surface area (Å²) in [5.74, 6) is 0.651. The van der Waals surface area contributed by atoms with Gasteiger partial charge in [-0.2, -0.15) is 0 Å². The summed E-state index contributed by atoms with van der Waals surface area (Å²) < 4.78 is 6.46. The maximum Gasteiger partial charge on any atom is 0.260 e. The number of rotatable bonds is 5. The molecule has 1 aromatic carbocycles. The first-order valence-electron chi connectivity index (χ1n) is 7.65. The molecule has 2 amide bonds. The molecule has 0 aromatic heterocycles. The van der Waals surface area contributed by atoms with Gasteiger partial charge in [-0.1, -0.05) is 15.9 Å². The first-order valence-corrected chi connectivity index (χ1v) is 8.44. The van der Waals surface area contributed by atoms with E-state index in [0.717, 1.165) is 4.47 Å². The number of benzene rings is 1. The van der Waals surface area contributed by atoms with E-state index in [1.165, 1.54) is 0 Å². The zero-order valence-electron chi connectivity index (χ0n) is 13.6. The Morgan fingerprint density at radius 1 is 1.12 bits per heavy atom. The molecular formula is C16H23BrClN3O3. The number of nitrogens with two attached hydrogens (primary N) is 1. The van der Waals surface area contributed by atoms with E-state index in [2.05, 4.69) is 15.9 Å². The Morgan fingerprint density at radius 3 is 2.12 bits per heavy atom. The van der Waals surface area contributed by atoms with Crippen LogP contribution < -0.4 is 10.5 Å². The predicted octanol–water partition coefficient (Wildman–Crippen LogP) is 1.66. The van der Waals surface area contributed by atoms with Crippen molar-refractivity contribution in [3.63, 3.8) is 0 Å². The smallest absolute Gasteiger partial charge is 0.260 e. The van der Waals surface area contributed by atoms with E-state index in [-0.39, 0.29) is 36.9 Å². The maximum atomic E-state index is 12.2. The van der Waals surface area contributed by atoms with Gasteiger partial charge in [-0.3, -0.25) is 9.59 Å². The second-order valence-corrected chi connectivity index (χ2v) is 6.60. The molecule has 0 spiro atoms. The van der Waals surface area contributed by atoms with Gasteiger partial charge in [0, 0.05) is 43.1 Å². The third-order valence-electron chi connectivity index (χ3n) is 3.66. The summed E-state index contributed by atoms with van der Waals surface area (Å²) in [6, 6.07) is 7.20. The summed E-state index contributed by atoms with van der Waals surface area (Å²) in [7, 11) is 0. The highest BCUT2D eigenvalue weighted by Gasteiger charge is 2.24. The van der Waals surface area contributed by atoms with Crippen LogP contribution in [0.1, 0.15) is 13.3 Å². The van der Waals surface area contributed by atoms with Crippen LogP contribution in [0.15, 0.2) is 28.7 Å². The Labute approximate surface area is 156 Å². The molecule has 1 fully saturated rings. The van der Waals surface area contributed by atoms with Crippen LogP contribution in [0, 0.1) is 0 Å². The minimum absolute atomic E-state index is 0. The Balaban J connectivity index is 0.00000288. The number of hydrogen-bond donors (Lipinski definition) is 1. The Bertz CT molecular complexity index is 546. The molecule has 24 heavy (non-hydrogen) atoms. The average Bonchev–Trinajstić information content (AvgIpc) is 2.53. The standard InChI is InChI=1S/C16H22BrN3O3.ClH/c1-12(18)10-15(21)19-6-8-20(9-7-19)16(22)11-23-14-4-2-13(17)3-5-14;/h2-5,12H,6-11,18H2,1H3;1H. The highest BCUT2D eigenvalue weighted by atomic mass is 79.9. The molecule has 1 atom stereocenters. The fourth-order valence-corrected chi connectivity index (χ4v) is 2.64. The van der Waals surface area contributed by atoms with Gasteiger partial charge in [0.2, 0.25) is 5.91 Å². The van der Waals surface area contributed by atoms with Crippen molar-refractivity contribution in [3.8, 4) is 5.75 Å². The summed E-state index contributed by atoms with van der Waals surface area (Å²) in [5, 5.41) is 0. The average molecular weight is 421 g/mol. The van der Waals surface area contributed by atoms with E-state index >= 15 is 0 Å². The van der Waals surface area contributed by atoms with E-state index in [9.17, 15) is 9.59 Å². The van der Waals surface area contributed by atoms with Crippen LogP contribution in [0.25, 0.3) is 0 Å². The van der Waals surface area contributed by atoms with Gasteiger partial charge in [0.1, 0.15) is 5.75 Å². The largest absolute Gasteiger partial charge is 0.484 e. The van der Waals surface area contributed by atoms with E-state index in [1.54, 1.807) is 9.80 Å². The van der Waals surface area contributed by atoms with Crippen molar-refractivity contribution in [1.29, 1.82) is 0 Å². The number of ether oxygens (including phenoxy) is 1. The van der Waals surface area contributed by atoms with Crippen molar-refractivity contribution < 1.29 is 14.3 Å². The number of piperazine rings is 1. The third kappa shape index (κ3) is 6.30. The topological polar surface area (TPSA) is 75.9 Å². The lowest BCUT2D eigenvalue weighted by Crippen LogP contribution is -2.52. The maximum absolute atomic E-state index is 12.2. The van der Waals surface area contributed by atoms with Crippen molar-refractivity contribution in [1.82, 2.24) is 9.80 Å². The lowest BCUT2D eigenvalue weighted by atomic mass is 10.2. The minimum atomic E-state index is -0.138. The van der Waals surface area contributed by atoms with Crippen LogP contribution >= 0.6 is 28.3 Å². The first-order chi connectivity index (χ1) is 11.0. The molecule has 1 saturated heterocycles. The Morgan fingerprint density at radius 2 is 1.62 bits per heavy atom. The number of halogens is 2. The molecule has 1 aromatic rings. The van der Waals surface area contributed by atoms with Crippen molar-refractivity contribution >= 4 is 40.2 Å². The molecule has 1 aliphatic heterocycles. The van der Waals surface area contributed by atoms with Crippen molar-refractivity contribution in [2.75, 3.05) is 32.8 Å². The second-order valence-electron chi connectivity index (χ2n) is 5.69. The summed E-state index contributed by atoms with van der Waals surface area (Å²) in [6.45, 7) is 4.00. The van der Waals surface area contributed by atoms with Gasteiger partial charge in [0.25, 0.3) is 5.91 Å². The number of amides is 2. The molecule has 1 aliphatic rings. The van der Waals surface area contributed by atoms with Gasteiger partial charge in [-0.05, 0) is 31.2 Å². The molecular weight excluding hydrogens is 398 g/mol. The number of hydrogen-bond acceptors (Lipinski definition) is 4. The number of nitrogens with zero attached hydrogens (tertiary/aromatic N) is 2. The van der Waals surface area contributed by atoms with Crippen molar-refractivity contribution in [2.45, 2.75) is 19.4 Å². The zero-order chi connectivity index (χ0) is 16.8. The summed E-state index contributed by atoms with van der Waals surface area (Å²) in [5.41, 5.74) is 5.65. The summed E-state index contributed by atoms with van der Waals surface area (Å²) in [4.78, 5) is 27.6. The molecule has 0 saturated carbocycles. The Hall–Kier alpha value is -1.31. The molecule has 0 bridgehead atoms. The molecule has 8 heteroatoms. The van der Waals surface area contributed by atoms with Gasteiger partial charge in [-0.25, -0.2) is 0 Å². The predicted molar refractivity (Wildman–Crippen MR) is 98.3 cm³/mol. The highest BCUT2D eigenvalue weighted by molar-refractivity contribution is 9.10. The fourth-order valence-electron chi connectivity index (χ4n) is 2.38. The molecule has 1 unspecified atom stereocenters. The van der Waals surface area contributed by atoms with Gasteiger partial charge < -0.3 is 20.3 Å². The number of carbonyl (C=O) groups excluding carboxylic acids is 2. The quantitative estimate of drug-likeness (QED) is 0.786. The van der Waals surface area contributed by atoms with Crippen LogP contribution in [0.2, 0.25) is 0 Å². The number of carbonyl (C=O) groups is 2. The van der Waals surface area contributed by atoms with Gasteiger partial charge >= 0.3 is 0 Å². The van der Waals surface area contributed by atoms with Crippen LogP contribution in [0.3, 0.4) is 0 Å². The molecule has 2 N–H and O–H groups in total. The first kappa shape index (κ1) is 20.7. The summed E-state index contributed by atoms with van der Waals surface area (Å²) in [6.07, 6.45) is 0.348. The molecule has 134 valence electrons. The summed E-state index contributed by atoms with van der Waals surface area (Å²) >= 11 is 3.35. The molecule has 1 heterocycles. The minimum Gasteiger partial charge on any atom is -0.484 e. The van der Waals surface area contributed by atoms with Crippen LogP contribution in [0.4, 0.5) is 0 Å². The van der Waals surface area contributed by atoms with Crippen molar-refractivity contribution in [2.24, 2.45) is 5.73 Å². The highest BCUT2D eigenvalue weighted by Crippen LogP contribution is 2.16. The molecule has 6 nitrogen and oxygen atoms in total. The monoisotopic (exact) mass is 419 g/mol. The third-order valence-corrected chi connectivity index (χ3v) is 4.19. The van der Waals surface area contributed by atoms with Crippen LogP contribution in [0.5, 0.6) is 5.75 Å². The molecule has 2 rings (SSSR count). The Kier molecular flexibility index (Phi) is 8.52. The molecule has 0 aliphatic carbocycles. The van der Waals surface area contributed by atoms with E-state index in [1.807, 2.05) is 31.2 Å². The lowest BCUT2D eigenvalue weighted by Gasteiger charge is -2.35. The van der Waals surface area contributed by atoms with Crippen molar-refractivity contribution in [3.05, 3.63) is 28.7 Å². The zero-order valence-corrected chi connectivity index (χ0v) is 16.0. The van der Waals surface area contributed by atoms with E-state index in [4.69, 9.17) is 10.5 Å². The van der Waals surface area contributed by atoms with Gasteiger partial charge in [0.05, 0.1) is 0 Å². The van der Waals surface area contributed by atoms with Gasteiger partial charge in [0.15, 0.2) is 6.61 Å². The van der Waals surface area contributed by atoms with Crippen LogP contribution in [-0.4, -0.2) is 60.4 Å². The van der Waals surface area contributed by atoms with Crippen LogP contribution in [-0.2, 0) is 9.59 Å². The second kappa shape index (κ2) is 9.86. The van der Waals surface area contributed by atoms with E-state index in [0.29, 0.717) is 38.3 Å². The molecule has 0 radical (unpaired) electrons. The lowest BCUT2D eigenvalue weighted by molar-refractivity contribution is -0.140.